The topological polar surface area (TPSA) is 54.9 Å². The molecule has 0 bridgehead atoms. The van der Waals surface area contributed by atoms with E-state index in [0.29, 0.717) is 5.75 Å². The molecule has 24 heavy (non-hydrogen) atoms. The molecule has 124 valence electrons. The molecule has 3 aromatic rings. The van der Waals surface area contributed by atoms with Crippen molar-refractivity contribution in [2.75, 3.05) is 16.8 Å². The zero-order chi connectivity index (χ0) is 16.8. The highest BCUT2D eigenvalue weighted by molar-refractivity contribution is 8.03. The quantitative estimate of drug-likeness (QED) is 0.594. The smallest absolute Gasteiger partial charge is 0.234 e. The van der Waals surface area contributed by atoms with Crippen molar-refractivity contribution in [3.63, 3.8) is 0 Å². The van der Waals surface area contributed by atoms with Crippen LogP contribution in [0.3, 0.4) is 0 Å². The Morgan fingerprint density at radius 1 is 1.08 bits per heavy atom. The number of nitrogens with zero attached hydrogens (tertiary/aromatic N) is 2. The van der Waals surface area contributed by atoms with Crippen molar-refractivity contribution < 1.29 is 4.79 Å². The number of amides is 1. The summed E-state index contributed by atoms with van der Waals surface area (Å²) in [5, 5.41) is 13.4. The summed E-state index contributed by atoms with van der Waals surface area (Å²) < 4.78 is 1.80. The maximum atomic E-state index is 12.2. The maximum Gasteiger partial charge on any atom is 0.234 e. The molecule has 7 heteroatoms. The van der Waals surface area contributed by atoms with E-state index in [1.165, 1.54) is 11.8 Å². The Labute approximate surface area is 153 Å². The maximum absolute atomic E-state index is 12.2. The Morgan fingerprint density at radius 3 is 2.67 bits per heavy atom. The third-order valence-corrected chi connectivity index (χ3v) is 6.60. The minimum Gasteiger partial charge on any atom is -0.325 e. The first-order valence-corrected chi connectivity index (χ1v) is 10.4. The van der Waals surface area contributed by atoms with Gasteiger partial charge in [0.25, 0.3) is 0 Å². The van der Waals surface area contributed by atoms with Gasteiger partial charge in [0.1, 0.15) is 0 Å². The number of carbonyl (C=O) groups excluding carboxylic acids is 1. The standard InChI is InChI=1S/C17H17N3OS3/c1-2-10-22-16-19-20-17(24-16)23-11-15(21)18-14-9-5-7-12-6-3-4-8-13(12)14/h3-9H,2,10-11H2,1H3,(H,18,21). The lowest BCUT2D eigenvalue weighted by Crippen LogP contribution is -2.14. The molecule has 1 heterocycles. The lowest BCUT2D eigenvalue weighted by atomic mass is 10.1. The molecule has 0 atom stereocenters. The fraction of sp³-hybridized carbons (Fsp3) is 0.235. The van der Waals surface area contributed by atoms with Gasteiger partial charge in [0, 0.05) is 16.8 Å². The first-order valence-electron chi connectivity index (χ1n) is 7.63. The molecule has 0 saturated heterocycles. The molecule has 0 unspecified atom stereocenters. The van der Waals surface area contributed by atoms with E-state index in [1.807, 2.05) is 42.5 Å². The number of hydrogen-bond acceptors (Lipinski definition) is 6. The molecule has 0 aliphatic carbocycles. The summed E-state index contributed by atoms with van der Waals surface area (Å²) in [4.78, 5) is 12.2. The number of benzene rings is 2. The number of fused-ring (bicyclic) bond motifs is 1. The SMILES string of the molecule is CCCSc1nnc(SCC(=O)Nc2cccc3ccccc23)s1. The van der Waals surface area contributed by atoms with E-state index in [-0.39, 0.29) is 5.91 Å². The molecule has 0 radical (unpaired) electrons. The van der Waals surface area contributed by atoms with E-state index in [0.717, 1.165) is 37.3 Å². The third kappa shape index (κ3) is 4.49. The van der Waals surface area contributed by atoms with Gasteiger partial charge in [-0.2, -0.15) is 0 Å². The predicted molar refractivity (Wildman–Crippen MR) is 104 cm³/mol. The molecule has 1 N–H and O–H groups in total. The van der Waals surface area contributed by atoms with Crippen molar-refractivity contribution in [2.24, 2.45) is 0 Å². The molecule has 0 aliphatic heterocycles. The Hall–Kier alpha value is -1.57. The lowest BCUT2D eigenvalue weighted by Gasteiger charge is -2.08. The molecule has 1 amide bonds. The monoisotopic (exact) mass is 375 g/mol. The van der Waals surface area contributed by atoms with Crippen LogP contribution in [0.4, 0.5) is 5.69 Å². The highest BCUT2D eigenvalue weighted by atomic mass is 32.2. The Morgan fingerprint density at radius 2 is 1.83 bits per heavy atom. The van der Waals surface area contributed by atoms with Crippen molar-refractivity contribution in [3.05, 3.63) is 42.5 Å². The van der Waals surface area contributed by atoms with Crippen LogP contribution in [0.1, 0.15) is 13.3 Å². The summed E-state index contributed by atoms with van der Waals surface area (Å²) in [6, 6.07) is 13.9. The van der Waals surface area contributed by atoms with E-state index in [9.17, 15) is 4.79 Å². The summed E-state index contributed by atoms with van der Waals surface area (Å²) in [6.45, 7) is 2.14. The normalized spacial score (nSPS) is 10.9. The molecule has 0 saturated carbocycles. The summed E-state index contributed by atoms with van der Waals surface area (Å²) in [6.07, 6.45) is 1.11. The van der Waals surface area contributed by atoms with E-state index < -0.39 is 0 Å². The number of rotatable bonds is 7. The first-order chi connectivity index (χ1) is 11.8. The highest BCUT2D eigenvalue weighted by Crippen LogP contribution is 2.29. The Kier molecular flexibility index (Phi) is 6.12. The second-order valence-electron chi connectivity index (χ2n) is 5.05. The molecule has 3 rings (SSSR count). The van der Waals surface area contributed by atoms with E-state index >= 15 is 0 Å². The number of anilines is 1. The zero-order valence-corrected chi connectivity index (χ0v) is 15.6. The van der Waals surface area contributed by atoms with Crippen molar-refractivity contribution in [1.82, 2.24) is 10.2 Å². The summed E-state index contributed by atoms with van der Waals surface area (Å²) in [5.41, 5.74) is 0.843. The zero-order valence-electron chi connectivity index (χ0n) is 13.2. The summed E-state index contributed by atoms with van der Waals surface area (Å²) in [5.74, 6) is 1.34. The van der Waals surface area contributed by atoms with Crippen LogP contribution in [0.25, 0.3) is 10.8 Å². The fourth-order valence-corrected chi connectivity index (χ4v) is 4.90. The van der Waals surface area contributed by atoms with Crippen LogP contribution in [-0.2, 0) is 4.79 Å². The number of hydrogen-bond donors (Lipinski definition) is 1. The van der Waals surface area contributed by atoms with Crippen LogP contribution >= 0.6 is 34.9 Å². The summed E-state index contributed by atoms with van der Waals surface area (Å²) in [7, 11) is 0. The van der Waals surface area contributed by atoms with Crippen LogP contribution in [0.2, 0.25) is 0 Å². The van der Waals surface area contributed by atoms with Gasteiger partial charge in [-0.15, -0.1) is 10.2 Å². The molecular weight excluding hydrogens is 358 g/mol. The molecular formula is C17H17N3OS3. The van der Waals surface area contributed by atoms with Crippen LogP contribution in [0.5, 0.6) is 0 Å². The molecule has 4 nitrogen and oxygen atoms in total. The third-order valence-electron chi connectivity index (χ3n) is 3.21. The Balaban J connectivity index is 1.58. The summed E-state index contributed by atoms with van der Waals surface area (Å²) >= 11 is 4.68. The molecule has 2 aromatic carbocycles. The predicted octanol–water partition coefficient (Wildman–Crippen LogP) is 4.92. The van der Waals surface area contributed by atoms with E-state index in [4.69, 9.17) is 0 Å². The molecule has 0 fully saturated rings. The number of nitrogens with one attached hydrogen (secondary N) is 1. The second-order valence-corrected chi connectivity index (χ2v) is 8.59. The van der Waals surface area contributed by atoms with Crippen LogP contribution < -0.4 is 5.32 Å². The van der Waals surface area contributed by atoms with Crippen LogP contribution in [0, 0.1) is 0 Å². The fourth-order valence-electron chi connectivity index (χ4n) is 2.15. The van der Waals surface area contributed by atoms with Crippen LogP contribution in [-0.4, -0.2) is 27.6 Å². The lowest BCUT2D eigenvalue weighted by molar-refractivity contribution is -0.113. The molecule has 0 aliphatic rings. The molecule has 0 spiro atoms. The second kappa shape index (κ2) is 8.50. The average molecular weight is 376 g/mol. The van der Waals surface area contributed by atoms with Gasteiger partial charge in [-0.05, 0) is 17.9 Å². The van der Waals surface area contributed by atoms with Gasteiger partial charge in [0.2, 0.25) is 5.91 Å². The van der Waals surface area contributed by atoms with Gasteiger partial charge in [0.15, 0.2) is 8.68 Å². The van der Waals surface area contributed by atoms with Gasteiger partial charge in [-0.1, -0.05) is 78.2 Å². The largest absolute Gasteiger partial charge is 0.325 e. The number of aromatic nitrogens is 2. The number of carbonyl (C=O) groups is 1. The van der Waals surface area contributed by atoms with Crippen molar-refractivity contribution in [1.29, 1.82) is 0 Å². The number of thioether (sulfide) groups is 2. The van der Waals surface area contributed by atoms with Crippen molar-refractivity contribution in [3.8, 4) is 0 Å². The minimum absolute atomic E-state index is 0.0330. The Bertz CT molecular complexity index is 829. The van der Waals surface area contributed by atoms with Crippen LogP contribution in [0.15, 0.2) is 51.1 Å². The van der Waals surface area contributed by atoms with Gasteiger partial charge < -0.3 is 5.32 Å². The van der Waals surface area contributed by atoms with Gasteiger partial charge >= 0.3 is 0 Å². The minimum atomic E-state index is -0.0330. The van der Waals surface area contributed by atoms with Crippen molar-refractivity contribution in [2.45, 2.75) is 22.0 Å². The van der Waals surface area contributed by atoms with E-state index in [1.54, 1.807) is 23.1 Å². The van der Waals surface area contributed by atoms with Gasteiger partial charge in [-0.25, -0.2) is 0 Å². The highest BCUT2D eigenvalue weighted by Gasteiger charge is 2.10. The first kappa shape index (κ1) is 17.3. The van der Waals surface area contributed by atoms with Crippen molar-refractivity contribution >= 4 is 57.2 Å². The van der Waals surface area contributed by atoms with E-state index in [2.05, 4.69) is 22.4 Å². The average Bonchev–Trinajstić information content (AvgIpc) is 3.06. The van der Waals surface area contributed by atoms with Gasteiger partial charge in [0.05, 0.1) is 5.75 Å². The van der Waals surface area contributed by atoms with Gasteiger partial charge in [-0.3, -0.25) is 4.79 Å². The molecule has 1 aromatic heterocycles.